The maximum atomic E-state index is 13.1. The van der Waals surface area contributed by atoms with Crippen molar-refractivity contribution in [1.29, 1.82) is 0 Å². The van der Waals surface area contributed by atoms with Gasteiger partial charge >= 0.3 is 6.18 Å². The van der Waals surface area contributed by atoms with Crippen LogP contribution in [0.25, 0.3) is 5.69 Å². The summed E-state index contributed by atoms with van der Waals surface area (Å²) in [5.41, 5.74) is 0.857. The number of pyridine rings is 1. The molecule has 0 bridgehead atoms. The smallest absolute Gasteiger partial charge is 0.353 e. The molecule has 1 aliphatic heterocycles. The minimum Gasteiger partial charge on any atom is -0.353 e. The van der Waals surface area contributed by atoms with Gasteiger partial charge < -0.3 is 9.80 Å². The molecule has 3 aromatic rings. The van der Waals surface area contributed by atoms with Crippen LogP contribution in [0.5, 0.6) is 0 Å². The summed E-state index contributed by atoms with van der Waals surface area (Å²) in [5, 5.41) is 4.66. The normalized spacial score (nSPS) is 14.7. The number of aryl methyl sites for hydroxylation is 1. The SMILES string of the molecule is Cc1nn(-c2ccccc2)c(Cl)c1C(=O)N1CCN(c2ccc(C(F)(F)F)cn2)CC1. The van der Waals surface area contributed by atoms with E-state index in [1.165, 1.54) is 10.7 Å². The van der Waals surface area contributed by atoms with E-state index in [2.05, 4.69) is 10.1 Å². The van der Waals surface area contributed by atoms with Crippen LogP contribution in [0.4, 0.5) is 19.0 Å². The number of benzene rings is 1. The van der Waals surface area contributed by atoms with Gasteiger partial charge in [0.25, 0.3) is 5.91 Å². The summed E-state index contributed by atoms with van der Waals surface area (Å²) in [6.45, 7) is 3.43. The van der Waals surface area contributed by atoms with Crippen LogP contribution in [-0.2, 0) is 6.18 Å². The third-order valence-electron chi connectivity index (χ3n) is 5.18. The van der Waals surface area contributed by atoms with Crippen LogP contribution in [0.3, 0.4) is 0 Å². The highest BCUT2D eigenvalue weighted by Crippen LogP contribution is 2.30. The number of anilines is 1. The third-order valence-corrected chi connectivity index (χ3v) is 5.53. The molecule has 0 spiro atoms. The van der Waals surface area contributed by atoms with Crippen molar-refractivity contribution in [3.8, 4) is 5.69 Å². The van der Waals surface area contributed by atoms with E-state index in [4.69, 9.17) is 11.6 Å². The molecule has 0 atom stereocenters. The number of para-hydroxylation sites is 1. The van der Waals surface area contributed by atoms with Gasteiger partial charge in [-0.05, 0) is 31.2 Å². The predicted molar refractivity (Wildman–Crippen MR) is 111 cm³/mol. The monoisotopic (exact) mass is 449 g/mol. The van der Waals surface area contributed by atoms with Crippen molar-refractivity contribution in [3.05, 3.63) is 70.6 Å². The molecule has 1 amide bonds. The maximum Gasteiger partial charge on any atom is 0.417 e. The molecule has 1 aromatic carbocycles. The Morgan fingerprint density at radius 2 is 1.71 bits per heavy atom. The lowest BCUT2D eigenvalue weighted by Crippen LogP contribution is -2.49. The molecule has 0 N–H and O–H groups in total. The van der Waals surface area contributed by atoms with Crippen molar-refractivity contribution in [1.82, 2.24) is 19.7 Å². The van der Waals surface area contributed by atoms with Crippen molar-refractivity contribution in [3.63, 3.8) is 0 Å². The molecule has 0 unspecified atom stereocenters. The zero-order chi connectivity index (χ0) is 22.2. The lowest BCUT2D eigenvalue weighted by Gasteiger charge is -2.35. The summed E-state index contributed by atoms with van der Waals surface area (Å²) in [6, 6.07) is 11.7. The number of halogens is 4. The highest BCUT2D eigenvalue weighted by molar-refractivity contribution is 6.33. The van der Waals surface area contributed by atoms with Crippen molar-refractivity contribution in [2.75, 3.05) is 31.1 Å². The van der Waals surface area contributed by atoms with Crippen molar-refractivity contribution >= 4 is 23.3 Å². The number of hydrogen-bond acceptors (Lipinski definition) is 4. The second kappa shape index (κ2) is 8.22. The molecule has 4 rings (SSSR count). The quantitative estimate of drug-likeness (QED) is 0.601. The number of amides is 1. The fraction of sp³-hybridized carbons (Fsp3) is 0.286. The minimum absolute atomic E-state index is 0.218. The van der Waals surface area contributed by atoms with Crippen LogP contribution in [0.15, 0.2) is 48.7 Å². The van der Waals surface area contributed by atoms with E-state index in [-0.39, 0.29) is 11.1 Å². The molecular formula is C21H19ClF3N5O. The first-order valence-corrected chi connectivity index (χ1v) is 10.0. The number of alkyl halides is 3. The molecule has 0 radical (unpaired) electrons. The van der Waals surface area contributed by atoms with E-state index in [0.29, 0.717) is 43.3 Å². The Morgan fingerprint density at radius 3 is 2.29 bits per heavy atom. The molecular weight excluding hydrogens is 431 g/mol. The zero-order valence-corrected chi connectivity index (χ0v) is 17.4. The Labute approximate surface area is 181 Å². The van der Waals surface area contributed by atoms with Crippen LogP contribution >= 0.6 is 11.6 Å². The molecule has 10 heteroatoms. The maximum absolute atomic E-state index is 13.1. The fourth-order valence-corrected chi connectivity index (χ4v) is 3.87. The van der Waals surface area contributed by atoms with Gasteiger partial charge in [0.15, 0.2) is 0 Å². The molecule has 2 aromatic heterocycles. The largest absolute Gasteiger partial charge is 0.417 e. The second-order valence-corrected chi connectivity index (χ2v) is 7.54. The van der Waals surface area contributed by atoms with Crippen LogP contribution in [0, 0.1) is 6.92 Å². The first-order valence-electron chi connectivity index (χ1n) is 9.63. The van der Waals surface area contributed by atoms with Gasteiger partial charge in [-0.1, -0.05) is 29.8 Å². The van der Waals surface area contributed by atoms with Gasteiger partial charge in [-0.25, -0.2) is 9.67 Å². The lowest BCUT2D eigenvalue weighted by molar-refractivity contribution is -0.137. The number of piperazine rings is 1. The minimum atomic E-state index is -4.42. The molecule has 3 heterocycles. The summed E-state index contributed by atoms with van der Waals surface area (Å²) < 4.78 is 39.7. The van der Waals surface area contributed by atoms with E-state index in [1.807, 2.05) is 35.2 Å². The van der Waals surface area contributed by atoms with Crippen molar-refractivity contribution in [2.45, 2.75) is 13.1 Å². The molecule has 1 fully saturated rings. The molecule has 31 heavy (non-hydrogen) atoms. The molecule has 6 nitrogen and oxygen atoms in total. The van der Waals surface area contributed by atoms with Crippen LogP contribution in [0.2, 0.25) is 5.15 Å². The Balaban J connectivity index is 1.46. The first-order chi connectivity index (χ1) is 14.8. The summed E-state index contributed by atoms with van der Waals surface area (Å²) in [5.74, 6) is 0.232. The molecule has 1 aliphatic rings. The Bertz CT molecular complexity index is 1070. The van der Waals surface area contributed by atoms with Crippen molar-refractivity contribution in [2.24, 2.45) is 0 Å². The lowest BCUT2D eigenvalue weighted by atomic mass is 10.2. The molecule has 0 aliphatic carbocycles. The van der Waals surface area contributed by atoms with E-state index >= 15 is 0 Å². The topological polar surface area (TPSA) is 54.3 Å². The number of hydrogen-bond donors (Lipinski definition) is 0. The summed E-state index contributed by atoms with van der Waals surface area (Å²) >= 11 is 6.50. The van der Waals surface area contributed by atoms with Gasteiger partial charge in [0.1, 0.15) is 11.0 Å². The zero-order valence-electron chi connectivity index (χ0n) is 16.6. The highest BCUT2D eigenvalue weighted by Gasteiger charge is 2.32. The number of nitrogens with zero attached hydrogens (tertiary/aromatic N) is 5. The number of aromatic nitrogens is 3. The average molecular weight is 450 g/mol. The van der Waals surface area contributed by atoms with Crippen LogP contribution in [0.1, 0.15) is 21.6 Å². The number of carbonyl (C=O) groups is 1. The van der Waals surface area contributed by atoms with Gasteiger partial charge in [-0.2, -0.15) is 18.3 Å². The van der Waals surface area contributed by atoms with Gasteiger partial charge in [0.2, 0.25) is 0 Å². The predicted octanol–water partition coefficient (Wildman–Crippen LogP) is 4.21. The average Bonchev–Trinajstić information content (AvgIpc) is 3.07. The van der Waals surface area contributed by atoms with Gasteiger partial charge in [-0.15, -0.1) is 0 Å². The standard InChI is InChI=1S/C21H19ClF3N5O/c1-14-18(19(22)30(27-14)16-5-3-2-4-6-16)20(31)29-11-9-28(10-12-29)17-8-7-15(13-26-17)21(23,24)25/h2-8,13H,9-12H2,1H3. The third kappa shape index (κ3) is 4.23. The molecule has 0 saturated carbocycles. The van der Waals surface area contributed by atoms with Gasteiger partial charge in [-0.3, -0.25) is 4.79 Å². The summed E-state index contributed by atoms with van der Waals surface area (Å²) in [4.78, 5) is 20.6. The molecule has 1 saturated heterocycles. The summed E-state index contributed by atoms with van der Waals surface area (Å²) in [6.07, 6.45) is -3.59. The Morgan fingerprint density at radius 1 is 1.03 bits per heavy atom. The van der Waals surface area contributed by atoms with E-state index in [1.54, 1.807) is 11.8 Å². The van der Waals surface area contributed by atoms with Gasteiger partial charge in [0.05, 0.1) is 22.5 Å². The van der Waals surface area contributed by atoms with E-state index in [0.717, 1.165) is 18.0 Å². The van der Waals surface area contributed by atoms with Gasteiger partial charge in [0, 0.05) is 32.4 Å². The van der Waals surface area contributed by atoms with Crippen LogP contribution < -0.4 is 4.90 Å². The first kappa shape index (κ1) is 21.2. The Hall–Kier alpha value is -3.07. The Kier molecular flexibility index (Phi) is 5.62. The van der Waals surface area contributed by atoms with Crippen LogP contribution in [-0.4, -0.2) is 51.8 Å². The number of rotatable bonds is 3. The van der Waals surface area contributed by atoms with E-state index in [9.17, 15) is 18.0 Å². The fourth-order valence-electron chi connectivity index (χ4n) is 3.52. The van der Waals surface area contributed by atoms with Crippen molar-refractivity contribution < 1.29 is 18.0 Å². The van der Waals surface area contributed by atoms with E-state index < -0.39 is 11.7 Å². The highest BCUT2D eigenvalue weighted by atomic mass is 35.5. The molecule has 162 valence electrons. The second-order valence-electron chi connectivity index (χ2n) is 7.18. The summed E-state index contributed by atoms with van der Waals surface area (Å²) in [7, 11) is 0. The number of carbonyl (C=O) groups excluding carboxylic acids is 1.